The molecule has 0 bridgehead atoms. The molecule has 0 aliphatic rings. The van der Waals surface area contributed by atoms with Crippen molar-refractivity contribution in [3.63, 3.8) is 0 Å². The van der Waals surface area contributed by atoms with Crippen LogP contribution in [0.15, 0.2) is 83.9 Å². The van der Waals surface area contributed by atoms with Gasteiger partial charge in [-0.2, -0.15) is 0 Å². The first-order chi connectivity index (χ1) is 12.1. The van der Waals surface area contributed by atoms with Gasteiger partial charge in [-0.3, -0.25) is 0 Å². The first kappa shape index (κ1) is 17.2. The molecule has 5 heteroatoms. The number of hydrogen-bond donors (Lipinski definition) is 1. The van der Waals surface area contributed by atoms with Crippen molar-refractivity contribution in [3.05, 3.63) is 102 Å². The zero-order valence-corrected chi connectivity index (χ0v) is 14.1. The number of thioether (sulfide) groups is 1. The molecule has 2 nitrogen and oxygen atoms in total. The number of nitrogens with two attached hydrogens (primary N) is 1. The number of benzene rings is 3. The number of rotatable bonds is 4. The van der Waals surface area contributed by atoms with Gasteiger partial charge >= 0.3 is 0 Å². The molecule has 2 N–H and O–H groups in total. The first-order valence-corrected chi connectivity index (χ1v) is 8.56. The van der Waals surface area contributed by atoms with Gasteiger partial charge in [0, 0.05) is 0 Å². The molecule has 0 aliphatic heterocycles. The second-order valence-electron chi connectivity index (χ2n) is 5.39. The highest BCUT2D eigenvalue weighted by molar-refractivity contribution is 8.14. The number of hydrogen-bond acceptors (Lipinski definition) is 2. The Labute approximate surface area is 149 Å². The van der Waals surface area contributed by atoms with Gasteiger partial charge in [-0.15, -0.1) is 0 Å². The molecular formula is C20H16F2N2S. The molecule has 126 valence electrons. The average Bonchev–Trinajstić information content (AvgIpc) is 2.62. The highest BCUT2D eigenvalue weighted by Gasteiger charge is 2.17. The summed E-state index contributed by atoms with van der Waals surface area (Å²) in [6.45, 7) is 0. The van der Waals surface area contributed by atoms with Crippen molar-refractivity contribution in [3.8, 4) is 0 Å². The molecule has 0 atom stereocenters. The number of amidine groups is 1. The van der Waals surface area contributed by atoms with E-state index in [4.69, 9.17) is 5.73 Å². The Hall–Kier alpha value is -2.66. The molecule has 0 saturated carbocycles. The van der Waals surface area contributed by atoms with E-state index in [0.29, 0.717) is 5.17 Å². The van der Waals surface area contributed by atoms with E-state index in [0.717, 1.165) is 16.8 Å². The zero-order chi connectivity index (χ0) is 17.6. The smallest absolute Gasteiger partial charge is 0.160 e. The van der Waals surface area contributed by atoms with Crippen LogP contribution in [-0.4, -0.2) is 5.17 Å². The van der Waals surface area contributed by atoms with E-state index < -0.39 is 0 Å². The maximum absolute atomic E-state index is 13.3. The van der Waals surface area contributed by atoms with Gasteiger partial charge in [0.2, 0.25) is 0 Å². The van der Waals surface area contributed by atoms with Crippen LogP contribution in [0.3, 0.4) is 0 Å². The van der Waals surface area contributed by atoms with Crippen LogP contribution >= 0.6 is 11.8 Å². The minimum atomic E-state index is -0.308. The lowest BCUT2D eigenvalue weighted by Gasteiger charge is -2.17. The molecule has 25 heavy (non-hydrogen) atoms. The van der Waals surface area contributed by atoms with Crippen LogP contribution in [0.1, 0.15) is 16.4 Å². The molecule has 0 spiro atoms. The van der Waals surface area contributed by atoms with Crippen LogP contribution < -0.4 is 5.73 Å². The van der Waals surface area contributed by atoms with Crippen LogP contribution in [0.25, 0.3) is 0 Å². The van der Waals surface area contributed by atoms with Gasteiger partial charge in [-0.1, -0.05) is 54.2 Å². The van der Waals surface area contributed by atoms with Crippen molar-refractivity contribution >= 4 is 22.6 Å². The topological polar surface area (TPSA) is 38.4 Å². The summed E-state index contributed by atoms with van der Waals surface area (Å²) >= 11 is 1.34. The number of para-hydroxylation sites is 1. The van der Waals surface area contributed by atoms with E-state index in [1.165, 1.54) is 36.0 Å². The Morgan fingerprint density at radius 2 is 1.24 bits per heavy atom. The molecular weight excluding hydrogens is 338 g/mol. The molecule has 3 aromatic carbocycles. The van der Waals surface area contributed by atoms with E-state index in [1.807, 2.05) is 30.3 Å². The van der Waals surface area contributed by atoms with Gasteiger partial charge in [0.05, 0.1) is 10.9 Å². The van der Waals surface area contributed by atoms with Crippen molar-refractivity contribution in [2.75, 3.05) is 0 Å². The Morgan fingerprint density at radius 1 is 0.760 bits per heavy atom. The van der Waals surface area contributed by atoms with E-state index in [-0.39, 0.29) is 16.9 Å². The van der Waals surface area contributed by atoms with Gasteiger partial charge in [0.25, 0.3) is 0 Å². The largest absolute Gasteiger partial charge is 0.378 e. The second kappa shape index (κ2) is 7.94. The first-order valence-electron chi connectivity index (χ1n) is 7.68. The van der Waals surface area contributed by atoms with Crippen molar-refractivity contribution < 1.29 is 8.78 Å². The summed E-state index contributed by atoms with van der Waals surface area (Å²) in [5.41, 5.74) is 8.59. The number of aliphatic imine (C=N–C) groups is 1. The van der Waals surface area contributed by atoms with E-state index >= 15 is 0 Å². The maximum atomic E-state index is 13.3. The third-order valence-electron chi connectivity index (χ3n) is 3.58. The Bertz CT molecular complexity index is 802. The minimum absolute atomic E-state index is 0.214. The van der Waals surface area contributed by atoms with Crippen LogP contribution in [-0.2, 0) is 0 Å². The molecule has 0 heterocycles. The summed E-state index contributed by atoms with van der Waals surface area (Å²) in [5.74, 6) is -0.616. The standard InChI is InChI=1S/C20H16F2N2S/c21-16-10-6-14(7-11-16)19(15-8-12-17(22)13-9-15)25-20(23)24-18-4-2-1-3-5-18/h1-13,19H,(H2,23,24). The van der Waals surface area contributed by atoms with Gasteiger partial charge in [0.15, 0.2) is 5.17 Å². The number of nitrogens with zero attached hydrogens (tertiary/aromatic N) is 1. The molecule has 3 rings (SSSR count). The van der Waals surface area contributed by atoms with Crippen molar-refractivity contribution in [2.24, 2.45) is 10.7 Å². The van der Waals surface area contributed by atoms with Crippen molar-refractivity contribution in [1.82, 2.24) is 0 Å². The van der Waals surface area contributed by atoms with Gasteiger partial charge in [-0.25, -0.2) is 13.8 Å². The fourth-order valence-corrected chi connectivity index (χ4v) is 3.37. The summed E-state index contributed by atoms with van der Waals surface area (Å²) in [4.78, 5) is 4.39. The summed E-state index contributed by atoms with van der Waals surface area (Å²) in [5, 5.41) is 0.165. The van der Waals surface area contributed by atoms with Crippen LogP contribution in [0, 0.1) is 11.6 Å². The highest BCUT2D eigenvalue weighted by Crippen LogP contribution is 2.36. The Kier molecular flexibility index (Phi) is 5.46. The molecule has 0 fully saturated rings. The van der Waals surface area contributed by atoms with Gasteiger partial charge in [0.1, 0.15) is 11.6 Å². The average molecular weight is 354 g/mol. The van der Waals surface area contributed by atoms with Gasteiger partial charge in [-0.05, 0) is 47.5 Å². The summed E-state index contributed by atoms with van der Waals surface area (Å²) in [7, 11) is 0. The van der Waals surface area contributed by atoms with Crippen LogP contribution in [0.5, 0.6) is 0 Å². The van der Waals surface area contributed by atoms with Gasteiger partial charge < -0.3 is 5.73 Å². The SMILES string of the molecule is NC(=Nc1ccccc1)SC(c1ccc(F)cc1)c1ccc(F)cc1. The molecule has 3 aromatic rings. The van der Waals surface area contributed by atoms with E-state index in [2.05, 4.69) is 4.99 Å². The molecule has 0 unspecified atom stereocenters. The maximum Gasteiger partial charge on any atom is 0.160 e. The predicted molar refractivity (Wildman–Crippen MR) is 100.0 cm³/mol. The highest BCUT2D eigenvalue weighted by atomic mass is 32.2. The molecule has 0 aromatic heterocycles. The fourth-order valence-electron chi connectivity index (χ4n) is 2.38. The summed E-state index contributed by atoms with van der Waals surface area (Å²) in [6.07, 6.45) is 0. The van der Waals surface area contributed by atoms with Crippen molar-refractivity contribution in [2.45, 2.75) is 5.25 Å². The molecule has 0 saturated heterocycles. The lowest BCUT2D eigenvalue weighted by molar-refractivity contribution is 0.626. The Morgan fingerprint density at radius 3 is 1.72 bits per heavy atom. The summed E-state index contributed by atoms with van der Waals surface area (Å²) < 4.78 is 26.5. The zero-order valence-electron chi connectivity index (χ0n) is 13.3. The molecule has 0 radical (unpaired) electrons. The van der Waals surface area contributed by atoms with Crippen LogP contribution in [0.2, 0.25) is 0 Å². The normalized spacial score (nSPS) is 11.7. The lowest BCUT2D eigenvalue weighted by atomic mass is 10.0. The predicted octanol–water partition coefficient (Wildman–Crippen LogP) is 5.43. The molecule has 0 amide bonds. The summed E-state index contributed by atoms with van der Waals surface area (Å²) in [6, 6.07) is 21.8. The third-order valence-corrected chi connectivity index (χ3v) is 4.69. The monoisotopic (exact) mass is 354 g/mol. The Balaban J connectivity index is 1.92. The number of halogens is 2. The third kappa shape index (κ3) is 4.67. The lowest BCUT2D eigenvalue weighted by Crippen LogP contribution is -2.10. The second-order valence-corrected chi connectivity index (χ2v) is 6.51. The van der Waals surface area contributed by atoms with E-state index in [9.17, 15) is 8.78 Å². The quantitative estimate of drug-likeness (QED) is 0.501. The molecule has 0 aliphatic carbocycles. The van der Waals surface area contributed by atoms with Crippen LogP contribution in [0.4, 0.5) is 14.5 Å². The van der Waals surface area contributed by atoms with Crippen molar-refractivity contribution in [1.29, 1.82) is 0 Å². The van der Waals surface area contributed by atoms with E-state index in [1.54, 1.807) is 24.3 Å². The minimum Gasteiger partial charge on any atom is -0.378 e. The fraction of sp³-hybridized carbons (Fsp3) is 0.0500.